The number of piperidine rings is 1. The summed E-state index contributed by atoms with van der Waals surface area (Å²) in [5, 5.41) is 21.3. The highest BCUT2D eigenvalue weighted by Gasteiger charge is 2.26. The third-order valence-electron chi connectivity index (χ3n) is 3.48. The molecule has 0 aromatic carbocycles. The smallest absolute Gasteiger partial charge is 0.303 e. The number of β-amino-alcohol motifs (C(OH)–C–C–N with tert-alkyl or cyclic N) is 1. The summed E-state index contributed by atoms with van der Waals surface area (Å²) >= 11 is 0. The van der Waals surface area contributed by atoms with Crippen LogP contribution in [0.2, 0.25) is 0 Å². The van der Waals surface area contributed by atoms with Crippen molar-refractivity contribution in [1.29, 1.82) is 0 Å². The van der Waals surface area contributed by atoms with Gasteiger partial charge >= 0.3 is 5.97 Å². The molecular formula is C13H26N2O3. The summed E-state index contributed by atoms with van der Waals surface area (Å²) in [5.74, 6) is -0.289. The van der Waals surface area contributed by atoms with Crippen molar-refractivity contribution in [2.45, 2.75) is 38.6 Å². The molecule has 0 amide bonds. The number of hydrogen-bond acceptors (Lipinski definition) is 4. The number of hydrogen-bond donors (Lipinski definition) is 3. The van der Waals surface area contributed by atoms with Crippen LogP contribution in [0.5, 0.6) is 0 Å². The molecule has 0 bridgehead atoms. The predicted molar refractivity (Wildman–Crippen MR) is 70.6 cm³/mol. The summed E-state index contributed by atoms with van der Waals surface area (Å²) in [6, 6.07) is 0.434. The molecule has 106 valence electrons. The molecule has 2 unspecified atom stereocenters. The Labute approximate surface area is 109 Å². The number of nitrogens with zero attached hydrogens (tertiary/aromatic N) is 1. The van der Waals surface area contributed by atoms with Crippen LogP contribution in [0, 0.1) is 5.92 Å². The first kappa shape index (κ1) is 15.4. The van der Waals surface area contributed by atoms with Crippen LogP contribution in [0.1, 0.15) is 32.6 Å². The van der Waals surface area contributed by atoms with E-state index in [9.17, 15) is 4.79 Å². The number of carboxylic acids is 1. The van der Waals surface area contributed by atoms with Gasteiger partial charge in [-0.25, -0.2) is 0 Å². The van der Waals surface area contributed by atoms with Crippen LogP contribution in [0.3, 0.4) is 0 Å². The van der Waals surface area contributed by atoms with Gasteiger partial charge in [0, 0.05) is 32.1 Å². The number of nitrogens with one attached hydrogen (secondary N) is 1. The highest BCUT2D eigenvalue weighted by molar-refractivity contribution is 5.66. The van der Waals surface area contributed by atoms with E-state index in [4.69, 9.17) is 10.2 Å². The number of rotatable bonds is 8. The van der Waals surface area contributed by atoms with Crippen molar-refractivity contribution in [1.82, 2.24) is 10.2 Å². The Morgan fingerprint density at radius 3 is 2.83 bits per heavy atom. The topological polar surface area (TPSA) is 72.8 Å². The number of carbonyl (C=O) groups is 1. The van der Waals surface area contributed by atoms with Crippen molar-refractivity contribution in [2.75, 3.05) is 32.8 Å². The first-order valence-electron chi connectivity index (χ1n) is 6.94. The number of aliphatic hydroxyl groups excluding tert-OH is 1. The van der Waals surface area contributed by atoms with E-state index in [1.807, 2.05) is 0 Å². The van der Waals surface area contributed by atoms with Gasteiger partial charge in [-0.15, -0.1) is 0 Å². The standard InChI is InChI=1S/C13H26N2O3/c1-2-5-14-12-8-11(3-4-13(17)18)9-15(10-12)6-7-16/h11-12,14,16H,2-10H2,1H3,(H,17,18). The van der Waals surface area contributed by atoms with E-state index in [0.717, 1.165) is 38.9 Å². The molecule has 3 N–H and O–H groups in total. The van der Waals surface area contributed by atoms with Crippen LogP contribution in [0.4, 0.5) is 0 Å². The Kier molecular flexibility index (Phi) is 7.23. The zero-order chi connectivity index (χ0) is 13.4. The fourth-order valence-corrected chi connectivity index (χ4v) is 2.66. The number of carboxylic acid groups (broad SMARTS) is 1. The highest BCUT2D eigenvalue weighted by Crippen LogP contribution is 2.21. The first-order chi connectivity index (χ1) is 8.65. The Morgan fingerprint density at radius 1 is 1.44 bits per heavy atom. The van der Waals surface area contributed by atoms with E-state index in [1.54, 1.807) is 0 Å². The lowest BCUT2D eigenvalue weighted by molar-refractivity contribution is -0.137. The Hall–Kier alpha value is -0.650. The first-order valence-corrected chi connectivity index (χ1v) is 6.94. The molecule has 1 heterocycles. The van der Waals surface area contributed by atoms with Crippen molar-refractivity contribution in [2.24, 2.45) is 5.92 Å². The minimum atomic E-state index is -0.715. The Balaban J connectivity index is 2.42. The quantitative estimate of drug-likeness (QED) is 0.592. The van der Waals surface area contributed by atoms with Gasteiger partial charge in [-0.05, 0) is 31.7 Å². The predicted octanol–water partition coefficient (Wildman–Crippen LogP) is 0.534. The minimum Gasteiger partial charge on any atom is -0.481 e. The average Bonchev–Trinajstić information content (AvgIpc) is 2.34. The normalized spacial score (nSPS) is 25.2. The largest absolute Gasteiger partial charge is 0.481 e. The van der Waals surface area contributed by atoms with Gasteiger partial charge in [0.2, 0.25) is 0 Å². The molecular weight excluding hydrogens is 232 g/mol. The summed E-state index contributed by atoms with van der Waals surface area (Å²) in [5.41, 5.74) is 0. The van der Waals surface area contributed by atoms with Crippen LogP contribution >= 0.6 is 0 Å². The molecule has 5 heteroatoms. The molecule has 1 fully saturated rings. The molecule has 0 aromatic heterocycles. The van der Waals surface area contributed by atoms with Crippen LogP contribution in [-0.2, 0) is 4.79 Å². The molecule has 0 spiro atoms. The van der Waals surface area contributed by atoms with Crippen molar-refractivity contribution in [3.05, 3.63) is 0 Å². The van der Waals surface area contributed by atoms with Gasteiger partial charge in [-0.1, -0.05) is 6.92 Å². The second-order valence-corrected chi connectivity index (χ2v) is 5.17. The SMILES string of the molecule is CCCNC1CC(CCC(=O)O)CN(CCO)C1. The second-order valence-electron chi connectivity index (χ2n) is 5.17. The van der Waals surface area contributed by atoms with Gasteiger partial charge in [0.05, 0.1) is 6.61 Å². The van der Waals surface area contributed by atoms with Crippen molar-refractivity contribution < 1.29 is 15.0 Å². The minimum absolute atomic E-state index is 0.173. The van der Waals surface area contributed by atoms with E-state index in [2.05, 4.69) is 17.1 Å². The van der Waals surface area contributed by atoms with E-state index < -0.39 is 5.97 Å². The molecule has 1 aliphatic heterocycles. The zero-order valence-corrected chi connectivity index (χ0v) is 11.3. The van der Waals surface area contributed by atoms with E-state index >= 15 is 0 Å². The maximum Gasteiger partial charge on any atom is 0.303 e. The lowest BCUT2D eigenvalue weighted by Gasteiger charge is -2.38. The third kappa shape index (κ3) is 5.80. The molecule has 0 aromatic rings. The fourth-order valence-electron chi connectivity index (χ4n) is 2.66. The maximum absolute atomic E-state index is 10.6. The van der Waals surface area contributed by atoms with Gasteiger partial charge in [-0.3, -0.25) is 9.69 Å². The van der Waals surface area contributed by atoms with Crippen molar-refractivity contribution >= 4 is 5.97 Å². The van der Waals surface area contributed by atoms with Crippen LogP contribution in [0.25, 0.3) is 0 Å². The molecule has 18 heavy (non-hydrogen) atoms. The van der Waals surface area contributed by atoms with Gasteiger partial charge < -0.3 is 15.5 Å². The fraction of sp³-hybridized carbons (Fsp3) is 0.923. The van der Waals surface area contributed by atoms with Crippen LogP contribution in [-0.4, -0.2) is 59.9 Å². The lowest BCUT2D eigenvalue weighted by Crippen LogP contribution is -2.50. The van der Waals surface area contributed by atoms with Gasteiger partial charge in [0.15, 0.2) is 0 Å². The average molecular weight is 258 g/mol. The summed E-state index contributed by atoms with van der Waals surface area (Å²) in [6.07, 6.45) is 3.14. The molecule has 1 aliphatic rings. The summed E-state index contributed by atoms with van der Waals surface area (Å²) in [6.45, 7) is 5.88. The number of aliphatic carboxylic acids is 1. The highest BCUT2D eigenvalue weighted by atomic mass is 16.4. The zero-order valence-electron chi connectivity index (χ0n) is 11.3. The maximum atomic E-state index is 10.6. The van der Waals surface area contributed by atoms with E-state index in [0.29, 0.717) is 18.5 Å². The summed E-state index contributed by atoms with van der Waals surface area (Å²) < 4.78 is 0. The van der Waals surface area contributed by atoms with E-state index in [-0.39, 0.29) is 13.0 Å². The molecule has 1 rings (SSSR count). The number of aliphatic hydroxyl groups is 1. The van der Waals surface area contributed by atoms with Gasteiger partial charge in [-0.2, -0.15) is 0 Å². The molecule has 5 nitrogen and oxygen atoms in total. The van der Waals surface area contributed by atoms with Gasteiger partial charge in [0.1, 0.15) is 0 Å². The second kappa shape index (κ2) is 8.45. The molecule has 2 atom stereocenters. The Bertz CT molecular complexity index is 248. The van der Waals surface area contributed by atoms with Crippen molar-refractivity contribution in [3.63, 3.8) is 0 Å². The molecule has 0 aliphatic carbocycles. The summed E-state index contributed by atoms with van der Waals surface area (Å²) in [7, 11) is 0. The Morgan fingerprint density at radius 2 is 2.22 bits per heavy atom. The van der Waals surface area contributed by atoms with Crippen LogP contribution < -0.4 is 5.32 Å². The van der Waals surface area contributed by atoms with Gasteiger partial charge in [0.25, 0.3) is 0 Å². The molecule has 1 saturated heterocycles. The molecule has 0 saturated carbocycles. The number of likely N-dealkylation sites (tertiary alicyclic amines) is 1. The lowest BCUT2D eigenvalue weighted by atomic mass is 9.90. The third-order valence-corrected chi connectivity index (χ3v) is 3.48. The van der Waals surface area contributed by atoms with Crippen molar-refractivity contribution in [3.8, 4) is 0 Å². The van der Waals surface area contributed by atoms with E-state index in [1.165, 1.54) is 0 Å². The van der Waals surface area contributed by atoms with Crippen LogP contribution in [0.15, 0.2) is 0 Å². The monoisotopic (exact) mass is 258 g/mol. The molecule has 0 radical (unpaired) electrons. The summed E-state index contributed by atoms with van der Waals surface area (Å²) in [4.78, 5) is 12.9.